The van der Waals surface area contributed by atoms with E-state index in [0.29, 0.717) is 35.8 Å². The first kappa shape index (κ1) is 16.6. The zero-order valence-corrected chi connectivity index (χ0v) is 15.1. The number of rotatable bonds is 3. The fourth-order valence-electron chi connectivity index (χ4n) is 3.90. The molecule has 2 aliphatic rings. The Hall–Kier alpha value is -3.55. The van der Waals surface area contributed by atoms with Gasteiger partial charge in [-0.2, -0.15) is 0 Å². The van der Waals surface area contributed by atoms with Crippen LogP contribution in [0.3, 0.4) is 0 Å². The summed E-state index contributed by atoms with van der Waals surface area (Å²) in [4.78, 5) is 13.2. The average molecular weight is 378 g/mol. The zero-order chi connectivity index (χ0) is 19.1. The van der Waals surface area contributed by atoms with E-state index in [1.807, 2.05) is 36.4 Å². The number of fused-ring (bicyclic) bond motifs is 1. The number of carbonyl (C=O) groups is 1. The lowest BCUT2D eigenvalue weighted by molar-refractivity contribution is -0.116. The third kappa shape index (κ3) is 2.74. The first-order valence-electron chi connectivity index (χ1n) is 9.02. The number of hydrogen-bond donors (Lipinski definition) is 2. The fraction of sp³-hybridized carbons (Fsp3) is 0.250. The molecule has 0 radical (unpaired) electrons. The lowest BCUT2D eigenvalue weighted by Gasteiger charge is -2.28. The van der Waals surface area contributed by atoms with Crippen LogP contribution < -0.4 is 15.4 Å². The van der Waals surface area contributed by atoms with Crippen molar-refractivity contribution in [3.05, 3.63) is 65.3 Å². The van der Waals surface area contributed by atoms with Crippen LogP contribution in [0, 0.1) is 0 Å². The number of carbonyl (C=O) groups excluding carboxylic acids is 1. The van der Waals surface area contributed by atoms with E-state index in [1.54, 1.807) is 13.4 Å². The largest absolute Gasteiger partial charge is 0.497 e. The Morgan fingerprint density at radius 2 is 2.04 bits per heavy atom. The molecule has 142 valence electrons. The summed E-state index contributed by atoms with van der Waals surface area (Å²) >= 11 is 0. The number of hydrogen-bond acceptors (Lipinski definition) is 8. The molecule has 1 aliphatic heterocycles. The van der Waals surface area contributed by atoms with Crippen LogP contribution in [0.25, 0.3) is 0 Å². The molecule has 3 aromatic rings. The van der Waals surface area contributed by atoms with Gasteiger partial charge in [0, 0.05) is 23.6 Å². The number of ketones is 1. The van der Waals surface area contributed by atoms with Crippen molar-refractivity contribution in [3.8, 4) is 5.75 Å². The van der Waals surface area contributed by atoms with Crippen molar-refractivity contribution in [3.63, 3.8) is 0 Å². The molecule has 0 amide bonds. The number of nitrogens with zero attached hydrogens (tertiary/aromatic N) is 2. The average Bonchev–Trinajstić information content (AvgIpc) is 3.37. The van der Waals surface area contributed by atoms with Gasteiger partial charge in [0.05, 0.1) is 19.4 Å². The highest BCUT2D eigenvalue weighted by Crippen LogP contribution is 2.43. The van der Waals surface area contributed by atoms with Gasteiger partial charge < -0.3 is 19.8 Å². The van der Waals surface area contributed by atoms with Gasteiger partial charge in [-0.3, -0.25) is 4.79 Å². The lowest BCUT2D eigenvalue weighted by Crippen LogP contribution is -2.27. The molecule has 5 rings (SSSR count). The first-order chi connectivity index (χ1) is 13.7. The number of ether oxygens (including phenoxy) is 1. The number of aromatic nitrogens is 2. The molecule has 0 saturated heterocycles. The second kappa shape index (κ2) is 6.56. The second-order valence-corrected chi connectivity index (χ2v) is 6.88. The molecule has 2 atom stereocenters. The van der Waals surface area contributed by atoms with Gasteiger partial charge in [0.25, 0.3) is 0 Å². The SMILES string of the molecule is COc1cccc([C@@H]2Nc3nonc3NC3=C2C(=O)C[C@@H](c2ccco2)C3)c1. The van der Waals surface area contributed by atoms with Crippen LogP contribution >= 0.6 is 0 Å². The molecule has 1 aliphatic carbocycles. The molecular formula is C20H18N4O4. The molecule has 0 unspecified atom stereocenters. The predicted molar refractivity (Wildman–Crippen MR) is 100.0 cm³/mol. The van der Waals surface area contributed by atoms with Crippen molar-refractivity contribution in [2.24, 2.45) is 0 Å². The maximum absolute atomic E-state index is 13.2. The van der Waals surface area contributed by atoms with Crippen molar-refractivity contribution in [2.45, 2.75) is 24.8 Å². The second-order valence-electron chi connectivity index (χ2n) is 6.88. The standard InChI is InChI=1S/C20H18N4O4/c1-26-13-5-2-4-11(8-13)18-17-14(21-19-20(22-18)24-28-23-19)9-12(10-15(17)25)16-6-3-7-27-16/h2-8,12,18H,9-10H2,1H3,(H,21,23)(H,22,24)/t12-,18-/m0/s1. The Labute approximate surface area is 160 Å². The summed E-state index contributed by atoms with van der Waals surface area (Å²) in [5.41, 5.74) is 2.37. The van der Waals surface area contributed by atoms with Crippen LogP contribution in [-0.2, 0) is 4.79 Å². The molecular weight excluding hydrogens is 360 g/mol. The summed E-state index contributed by atoms with van der Waals surface area (Å²) < 4.78 is 15.8. The van der Waals surface area contributed by atoms with E-state index in [-0.39, 0.29) is 11.7 Å². The predicted octanol–water partition coefficient (Wildman–Crippen LogP) is 3.65. The van der Waals surface area contributed by atoms with Gasteiger partial charge in [0.15, 0.2) is 5.78 Å². The Morgan fingerprint density at radius 1 is 1.14 bits per heavy atom. The summed E-state index contributed by atoms with van der Waals surface area (Å²) in [7, 11) is 1.62. The summed E-state index contributed by atoms with van der Waals surface area (Å²) in [6.45, 7) is 0. The van der Waals surface area contributed by atoms with Crippen LogP contribution in [0.4, 0.5) is 11.6 Å². The monoisotopic (exact) mass is 378 g/mol. The van der Waals surface area contributed by atoms with Gasteiger partial charge in [-0.1, -0.05) is 12.1 Å². The molecule has 3 heterocycles. The molecule has 2 aromatic heterocycles. The van der Waals surface area contributed by atoms with E-state index < -0.39 is 6.04 Å². The van der Waals surface area contributed by atoms with Gasteiger partial charge in [-0.05, 0) is 46.6 Å². The van der Waals surface area contributed by atoms with E-state index in [2.05, 4.69) is 20.9 Å². The minimum absolute atomic E-state index is 0.0267. The molecule has 0 saturated carbocycles. The van der Waals surface area contributed by atoms with Crippen LogP contribution in [0.1, 0.15) is 36.1 Å². The number of nitrogens with one attached hydrogen (secondary N) is 2. The highest BCUT2D eigenvalue weighted by atomic mass is 16.6. The van der Waals surface area contributed by atoms with E-state index >= 15 is 0 Å². The van der Waals surface area contributed by atoms with E-state index in [9.17, 15) is 4.79 Å². The summed E-state index contributed by atoms with van der Waals surface area (Å²) in [5.74, 6) is 2.47. The van der Waals surface area contributed by atoms with Crippen molar-refractivity contribution in [1.82, 2.24) is 10.3 Å². The van der Waals surface area contributed by atoms with Gasteiger partial charge in [-0.15, -0.1) is 0 Å². The minimum atomic E-state index is -0.393. The topological polar surface area (TPSA) is 102 Å². The Bertz CT molecular complexity index is 1050. The molecule has 0 spiro atoms. The van der Waals surface area contributed by atoms with E-state index in [0.717, 1.165) is 17.0 Å². The third-order valence-electron chi connectivity index (χ3n) is 5.21. The zero-order valence-electron chi connectivity index (χ0n) is 15.1. The quantitative estimate of drug-likeness (QED) is 0.712. The molecule has 0 bridgehead atoms. The number of methoxy groups -OCH3 is 1. The van der Waals surface area contributed by atoms with Crippen LogP contribution in [0.15, 0.2) is 63.0 Å². The Kier molecular flexibility index (Phi) is 3.89. The van der Waals surface area contributed by atoms with Crippen molar-refractivity contribution in [1.29, 1.82) is 0 Å². The molecule has 8 heteroatoms. The van der Waals surface area contributed by atoms with Gasteiger partial charge in [0.1, 0.15) is 11.5 Å². The Morgan fingerprint density at radius 3 is 2.86 bits per heavy atom. The molecule has 8 nitrogen and oxygen atoms in total. The van der Waals surface area contributed by atoms with Crippen molar-refractivity contribution in [2.75, 3.05) is 17.7 Å². The Balaban J connectivity index is 1.61. The third-order valence-corrected chi connectivity index (χ3v) is 5.21. The van der Waals surface area contributed by atoms with Crippen LogP contribution in [0.5, 0.6) is 5.75 Å². The lowest BCUT2D eigenvalue weighted by atomic mass is 9.80. The smallest absolute Gasteiger partial charge is 0.219 e. The van der Waals surface area contributed by atoms with E-state index in [4.69, 9.17) is 13.8 Å². The number of anilines is 2. The molecule has 0 fully saturated rings. The fourth-order valence-corrected chi connectivity index (χ4v) is 3.90. The molecule has 2 N–H and O–H groups in total. The van der Waals surface area contributed by atoms with Crippen molar-refractivity contribution < 1.29 is 18.6 Å². The summed E-state index contributed by atoms with van der Waals surface area (Å²) in [5, 5.41) is 14.4. The van der Waals surface area contributed by atoms with Gasteiger partial charge in [-0.25, -0.2) is 4.63 Å². The summed E-state index contributed by atoms with van der Waals surface area (Å²) in [6, 6.07) is 11.0. The highest BCUT2D eigenvalue weighted by Gasteiger charge is 2.38. The minimum Gasteiger partial charge on any atom is -0.497 e. The van der Waals surface area contributed by atoms with E-state index in [1.165, 1.54) is 0 Å². The number of Topliss-reactive ketones (excluding diaryl/α,β-unsaturated/α-hetero) is 1. The van der Waals surface area contributed by atoms with Crippen LogP contribution in [0.2, 0.25) is 0 Å². The van der Waals surface area contributed by atoms with Crippen molar-refractivity contribution >= 4 is 17.4 Å². The highest BCUT2D eigenvalue weighted by molar-refractivity contribution is 6.00. The summed E-state index contributed by atoms with van der Waals surface area (Å²) in [6.07, 6.45) is 2.64. The van der Waals surface area contributed by atoms with Crippen LogP contribution in [-0.4, -0.2) is 23.2 Å². The first-order valence-corrected chi connectivity index (χ1v) is 9.02. The number of benzene rings is 1. The maximum Gasteiger partial charge on any atom is 0.219 e. The number of furan rings is 1. The number of allylic oxidation sites excluding steroid dienone is 1. The maximum atomic E-state index is 13.2. The molecule has 1 aromatic carbocycles. The molecule has 28 heavy (non-hydrogen) atoms. The van der Waals surface area contributed by atoms with Gasteiger partial charge in [0.2, 0.25) is 11.6 Å². The normalized spacial score (nSPS) is 21.2. The van der Waals surface area contributed by atoms with Gasteiger partial charge >= 0.3 is 0 Å².